The highest BCUT2D eigenvalue weighted by molar-refractivity contribution is 6.30. The quantitative estimate of drug-likeness (QED) is 0.772. The van der Waals surface area contributed by atoms with Crippen molar-refractivity contribution in [2.75, 3.05) is 0 Å². The van der Waals surface area contributed by atoms with Gasteiger partial charge in [0.1, 0.15) is 0 Å². The standard InChI is InChI=1S/C10H10ClNO/c1-7(2)12-10(13)8-4-3-5-9(11)6-8/h3-6H,1H2,2H3,(H,12,13). The molecule has 1 aromatic carbocycles. The van der Waals surface area contributed by atoms with Gasteiger partial charge >= 0.3 is 0 Å². The molecule has 68 valence electrons. The Balaban J connectivity index is 2.83. The van der Waals surface area contributed by atoms with Gasteiger partial charge in [0.25, 0.3) is 5.91 Å². The summed E-state index contributed by atoms with van der Waals surface area (Å²) in [5.41, 5.74) is 1.15. The van der Waals surface area contributed by atoms with Crippen molar-refractivity contribution in [2.45, 2.75) is 6.92 Å². The van der Waals surface area contributed by atoms with Gasteiger partial charge in [0, 0.05) is 16.3 Å². The predicted molar refractivity (Wildman–Crippen MR) is 53.7 cm³/mol. The van der Waals surface area contributed by atoms with Crippen molar-refractivity contribution in [3.8, 4) is 0 Å². The topological polar surface area (TPSA) is 29.1 Å². The Morgan fingerprint density at radius 1 is 1.54 bits per heavy atom. The number of benzene rings is 1. The van der Waals surface area contributed by atoms with E-state index in [9.17, 15) is 4.79 Å². The normalized spacial score (nSPS) is 9.38. The molecule has 1 aromatic rings. The fraction of sp³-hybridized carbons (Fsp3) is 0.100. The first-order valence-corrected chi connectivity index (χ1v) is 4.20. The second-order valence-electron chi connectivity index (χ2n) is 2.74. The lowest BCUT2D eigenvalue weighted by Gasteiger charge is -2.03. The molecule has 0 aliphatic carbocycles. The number of rotatable bonds is 2. The highest BCUT2D eigenvalue weighted by Crippen LogP contribution is 2.10. The van der Waals surface area contributed by atoms with Crippen LogP contribution in [-0.2, 0) is 0 Å². The molecule has 2 nitrogen and oxygen atoms in total. The van der Waals surface area contributed by atoms with E-state index in [1.807, 2.05) is 0 Å². The van der Waals surface area contributed by atoms with Crippen molar-refractivity contribution in [3.63, 3.8) is 0 Å². The van der Waals surface area contributed by atoms with E-state index in [0.717, 1.165) is 0 Å². The summed E-state index contributed by atoms with van der Waals surface area (Å²) < 4.78 is 0. The minimum Gasteiger partial charge on any atom is -0.327 e. The van der Waals surface area contributed by atoms with Crippen LogP contribution in [0.3, 0.4) is 0 Å². The van der Waals surface area contributed by atoms with E-state index in [1.165, 1.54) is 0 Å². The van der Waals surface area contributed by atoms with Crippen LogP contribution in [-0.4, -0.2) is 5.91 Å². The van der Waals surface area contributed by atoms with Gasteiger partial charge in [0.15, 0.2) is 0 Å². The molecule has 3 heteroatoms. The summed E-state index contributed by atoms with van der Waals surface area (Å²) in [5.74, 6) is -0.185. The minimum absolute atomic E-state index is 0.185. The van der Waals surface area contributed by atoms with E-state index in [1.54, 1.807) is 31.2 Å². The average Bonchev–Trinajstić information content (AvgIpc) is 2.03. The molecular formula is C10H10ClNO. The molecule has 0 saturated carbocycles. The monoisotopic (exact) mass is 195 g/mol. The molecule has 13 heavy (non-hydrogen) atoms. The van der Waals surface area contributed by atoms with Crippen LogP contribution in [0.4, 0.5) is 0 Å². The summed E-state index contributed by atoms with van der Waals surface area (Å²) in [7, 11) is 0. The number of halogens is 1. The largest absolute Gasteiger partial charge is 0.327 e. The van der Waals surface area contributed by atoms with Crippen molar-refractivity contribution >= 4 is 17.5 Å². The van der Waals surface area contributed by atoms with Crippen LogP contribution in [0.15, 0.2) is 36.5 Å². The first kappa shape index (κ1) is 9.81. The summed E-state index contributed by atoms with van der Waals surface area (Å²) in [5, 5.41) is 3.14. The van der Waals surface area contributed by atoms with Crippen molar-refractivity contribution in [1.82, 2.24) is 5.32 Å². The Morgan fingerprint density at radius 3 is 2.77 bits per heavy atom. The molecule has 0 bridgehead atoms. The number of amides is 1. The molecular weight excluding hydrogens is 186 g/mol. The molecule has 0 unspecified atom stereocenters. The number of allylic oxidation sites excluding steroid dienone is 1. The lowest BCUT2D eigenvalue weighted by atomic mass is 10.2. The highest BCUT2D eigenvalue weighted by atomic mass is 35.5. The first-order valence-electron chi connectivity index (χ1n) is 3.82. The summed E-state index contributed by atoms with van der Waals surface area (Å²) in [6.45, 7) is 5.30. The molecule has 0 heterocycles. The fourth-order valence-corrected chi connectivity index (χ4v) is 1.09. The lowest BCUT2D eigenvalue weighted by molar-refractivity contribution is 0.0966. The third-order valence-corrected chi connectivity index (χ3v) is 1.65. The lowest BCUT2D eigenvalue weighted by Crippen LogP contribution is -2.20. The zero-order valence-corrected chi connectivity index (χ0v) is 8.06. The summed E-state index contributed by atoms with van der Waals surface area (Å²) in [6.07, 6.45) is 0. The van der Waals surface area contributed by atoms with Gasteiger partial charge < -0.3 is 5.32 Å². The SMILES string of the molecule is C=C(C)NC(=O)c1cccc(Cl)c1. The van der Waals surface area contributed by atoms with E-state index >= 15 is 0 Å². The molecule has 0 aliphatic rings. The Labute approximate surface area is 82.2 Å². The van der Waals surface area contributed by atoms with Gasteiger partial charge in [-0.3, -0.25) is 4.79 Å². The van der Waals surface area contributed by atoms with E-state index in [4.69, 9.17) is 11.6 Å². The maximum atomic E-state index is 11.4. The van der Waals surface area contributed by atoms with Crippen molar-refractivity contribution in [3.05, 3.63) is 47.1 Å². The maximum Gasteiger partial charge on any atom is 0.255 e. The van der Waals surface area contributed by atoms with Crippen molar-refractivity contribution in [1.29, 1.82) is 0 Å². The van der Waals surface area contributed by atoms with E-state index in [0.29, 0.717) is 16.3 Å². The molecule has 0 radical (unpaired) electrons. The second kappa shape index (κ2) is 4.10. The zero-order chi connectivity index (χ0) is 9.84. The van der Waals surface area contributed by atoms with E-state index in [2.05, 4.69) is 11.9 Å². The molecule has 1 N–H and O–H groups in total. The number of hydrogen-bond acceptors (Lipinski definition) is 1. The van der Waals surface area contributed by atoms with Gasteiger partial charge in [-0.2, -0.15) is 0 Å². The highest BCUT2D eigenvalue weighted by Gasteiger charge is 2.04. The Morgan fingerprint density at radius 2 is 2.23 bits per heavy atom. The van der Waals surface area contributed by atoms with Crippen molar-refractivity contribution < 1.29 is 4.79 Å². The van der Waals surface area contributed by atoms with E-state index < -0.39 is 0 Å². The molecule has 0 fully saturated rings. The Bertz CT molecular complexity index is 347. The number of carbonyl (C=O) groups excluding carboxylic acids is 1. The van der Waals surface area contributed by atoms with Gasteiger partial charge in [-0.1, -0.05) is 24.2 Å². The van der Waals surface area contributed by atoms with Gasteiger partial charge in [-0.25, -0.2) is 0 Å². The van der Waals surface area contributed by atoms with Gasteiger partial charge in [-0.15, -0.1) is 0 Å². The second-order valence-corrected chi connectivity index (χ2v) is 3.18. The zero-order valence-electron chi connectivity index (χ0n) is 7.30. The molecule has 0 spiro atoms. The van der Waals surface area contributed by atoms with Crippen LogP contribution in [0.5, 0.6) is 0 Å². The van der Waals surface area contributed by atoms with Crippen LogP contribution in [0.1, 0.15) is 17.3 Å². The number of nitrogens with one attached hydrogen (secondary N) is 1. The van der Waals surface area contributed by atoms with Crippen LogP contribution in [0.2, 0.25) is 5.02 Å². The molecule has 1 rings (SSSR count). The average molecular weight is 196 g/mol. The molecule has 0 aliphatic heterocycles. The third-order valence-electron chi connectivity index (χ3n) is 1.41. The smallest absolute Gasteiger partial charge is 0.255 e. The summed E-state index contributed by atoms with van der Waals surface area (Å²) in [4.78, 5) is 11.4. The number of hydrogen-bond donors (Lipinski definition) is 1. The van der Waals surface area contributed by atoms with Crippen LogP contribution in [0.25, 0.3) is 0 Å². The van der Waals surface area contributed by atoms with Gasteiger partial charge in [0.2, 0.25) is 0 Å². The molecule has 0 aromatic heterocycles. The van der Waals surface area contributed by atoms with Gasteiger partial charge in [0.05, 0.1) is 0 Å². The van der Waals surface area contributed by atoms with Crippen LogP contribution in [0, 0.1) is 0 Å². The van der Waals surface area contributed by atoms with E-state index in [-0.39, 0.29) is 5.91 Å². The van der Waals surface area contributed by atoms with Crippen LogP contribution >= 0.6 is 11.6 Å². The van der Waals surface area contributed by atoms with Crippen LogP contribution < -0.4 is 5.32 Å². The summed E-state index contributed by atoms with van der Waals surface area (Å²) >= 11 is 5.72. The Kier molecular flexibility index (Phi) is 3.09. The van der Waals surface area contributed by atoms with Crippen molar-refractivity contribution in [2.24, 2.45) is 0 Å². The molecule has 0 saturated heterocycles. The minimum atomic E-state index is -0.185. The van der Waals surface area contributed by atoms with Gasteiger partial charge in [-0.05, 0) is 25.1 Å². The Hall–Kier alpha value is -1.28. The molecule has 0 atom stereocenters. The first-order chi connectivity index (χ1) is 6.09. The summed E-state index contributed by atoms with van der Waals surface area (Å²) in [6, 6.07) is 6.76. The predicted octanol–water partition coefficient (Wildman–Crippen LogP) is 2.60. The maximum absolute atomic E-state index is 11.4. The third kappa shape index (κ3) is 2.92. The number of carbonyl (C=O) groups is 1. The molecule has 1 amide bonds. The fourth-order valence-electron chi connectivity index (χ4n) is 0.896.